The SMILES string of the molecule is CCC(N)(c1cccc(F)c1)c1cnc(C(F)(F)F)s1. The molecule has 0 saturated carbocycles. The first-order valence-electron chi connectivity index (χ1n) is 5.86. The van der Waals surface area contributed by atoms with E-state index in [1.165, 1.54) is 18.2 Å². The van der Waals surface area contributed by atoms with Gasteiger partial charge in [0.15, 0.2) is 5.01 Å². The van der Waals surface area contributed by atoms with E-state index in [0.29, 0.717) is 23.3 Å². The van der Waals surface area contributed by atoms with Gasteiger partial charge < -0.3 is 5.73 Å². The van der Waals surface area contributed by atoms with Crippen molar-refractivity contribution in [1.82, 2.24) is 4.98 Å². The quantitative estimate of drug-likeness (QED) is 0.873. The summed E-state index contributed by atoms with van der Waals surface area (Å²) in [6.45, 7) is 1.73. The molecular formula is C13H12F4N2S. The molecule has 0 radical (unpaired) electrons. The van der Waals surface area contributed by atoms with Crippen LogP contribution in [0.3, 0.4) is 0 Å². The Morgan fingerprint density at radius 3 is 2.50 bits per heavy atom. The van der Waals surface area contributed by atoms with E-state index in [1.54, 1.807) is 13.0 Å². The van der Waals surface area contributed by atoms with Crippen LogP contribution in [0.25, 0.3) is 0 Å². The molecule has 20 heavy (non-hydrogen) atoms. The van der Waals surface area contributed by atoms with Gasteiger partial charge in [0.05, 0.1) is 5.54 Å². The Balaban J connectivity index is 2.48. The number of nitrogens with two attached hydrogens (primary N) is 1. The fourth-order valence-corrected chi connectivity index (χ4v) is 2.88. The molecule has 2 aromatic rings. The lowest BCUT2D eigenvalue weighted by Gasteiger charge is -2.27. The van der Waals surface area contributed by atoms with Gasteiger partial charge in [-0.1, -0.05) is 19.1 Å². The van der Waals surface area contributed by atoms with E-state index in [-0.39, 0.29) is 4.88 Å². The Hall–Kier alpha value is -1.47. The second-order valence-corrected chi connectivity index (χ2v) is 5.39. The highest BCUT2D eigenvalue weighted by atomic mass is 32.1. The van der Waals surface area contributed by atoms with E-state index in [1.807, 2.05) is 0 Å². The zero-order valence-corrected chi connectivity index (χ0v) is 11.4. The molecule has 108 valence electrons. The van der Waals surface area contributed by atoms with Crippen molar-refractivity contribution < 1.29 is 17.6 Å². The van der Waals surface area contributed by atoms with Crippen LogP contribution >= 0.6 is 11.3 Å². The molecule has 1 aromatic heterocycles. The van der Waals surface area contributed by atoms with Gasteiger partial charge in [-0.3, -0.25) is 0 Å². The highest BCUT2D eigenvalue weighted by Gasteiger charge is 2.38. The van der Waals surface area contributed by atoms with Crippen molar-refractivity contribution in [1.29, 1.82) is 0 Å². The predicted molar refractivity (Wildman–Crippen MR) is 68.8 cm³/mol. The summed E-state index contributed by atoms with van der Waals surface area (Å²) >= 11 is 0.488. The molecule has 2 rings (SSSR count). The van der Waals surface area contributed by atoms with Crippen LogP contribution in [-0.4, -0.2) is 4.98 Å². The summed E-state index contributed by atoms with van der Waals surface area (Å²) < 4.78 is 51.1. The van der Waals surface area contributed by atoms with Crippen molar-refractivity contribution in [3.05, 3.63) is 51.7 Å². The lowest BCUT2D eigenvalue weighted by Crippen LogP contribution is -2.36. The molecule has 2 N–H and O–H groups in total. The molecule has 1 unspecified atom stereocenters. The second kappa shape index (κ2) is 5.14. The van der Waals surface area contributed by atoms with E-state index < -0.39 is 22.5 Å². The summed E-state index contributed by atoms with van der Waals surface area (Å²) in [4.78, 5) is 3.63. The van der Waals surface area contributed by atoms with Gasteiger partial charge in [-0.2, -0.15) is 13.2 Å². The molecule has 0 fully saturated rings. The van der Waals surface area contributed by atoms with Gasteiger partial charge in [0.25, 0.3) is 0 Å². The Morgan fingerprint density at radius 1 is 1.30 bits per heavy atom. The van der Waals surface area contributed by atoms with E-state index in [2.05, 4.69) is 4.98 Å². The minimum Gasteiger partial charge on any atom is -0.317 e. The van der Waals surface area contributed by atoms with Crippen molar-refractivity contribution in [3.8, 4) is 0 Å². The summed E-state index contributed by atoms with van der Waals surface area (Å²) in [5.41, 5.74) is 5.45. The topological polar surface area (TPSA) is 38.9 Å². The highest BCUT2D eigenvalue weighted by molar-refractivity contribution is 7.11. The van der Waals surface area contributed by atoms with Crippen LogP contribution in [-0.2, 0) is 11.7 Å². The average molecular weight is 304 g/mol. The Morgan fingerprint density at radius 2 is 2.00 bits per heavy atom. The number of thiazole rings is 1. The zero-order valence-electron chi connectivity index (χ0n) is 10.5. The normalized spacial score (nSPS) is 15.1. The molecule has 7 heteroatoms. The molecule has 1 aromatic carbocycles. The number of nitrogens with zero attached hydrogens (tertiary/aromatic N) is 1. The van der Waals surface area contributed by atoms with Gasteiger partial charge in [0.2, 0.25) is 0 Å². The number of halogens is 4. The zero-order chi connectivity index (χ0) is 15.0. The number of aromatic nitrogens is 1. The number of hydrogen-bond acceptors (Lipinski definition) is 3. The fourth-order valence-electron chi connectivity index (χ4n) is 1.90. The lowest BCUT2D eigenvalue weighted by molar-refractivity contribution is -0.137. The van der Waals surface area contributed by atoms with E-state index in [0.717, 1.165) is 6.20 Å². The summed E-state index contributed by atoms with van der Waals surface area (Å²) in [6, 6.07) is 5.57. The molecule has 2 nitrogen and oxygen atoms in total. The first-order chi connectivity index (χ1) is 9.27. The van der Waals surface area contributed by atoms with Crippen molar-refractivity contribution in [2.24, 2.45) is 5.73 Å². The predicted octanol–water partition coefficient (Wildman–Crippen LogP) is 3.91. The Kier molecular flexibility index (Phi) is 3.84. The van der Waals surface area contributed by atoms with Crippen LogP contribution < -0.4 is 5.73 Å². The number of benzene rings is 1. The molecule has 0 amide bonds. The van der Waals surface area contributed by atoms with Gasteiger partial charge in [-0.25, -0.2) is 9.37 Å². The molecular weight excluding hydrogens is 292 g/mol. The number of alkyl halides is 3. The molecule has 0 aliphatic rings. The molecule has 0 aliphatic heterocycles. The molecule has 0 aliphatic carbocycles. The van der Waals surface area contributed by atoms with Gasteiger partial charge in [-0.05, 0) is 24.1 Å². The first-order valence-corrected chi connectivity index (χ1v) is 6.67. The maximum absolute atomic E-state index is 13.3. The maximum Gasteiger partial charge on any atom is 0.443 e. The van der Waals surface area contributed by atoms with Gasteiger partial charge >= 0.3 is 6.18 Å². The lowest BCUT2D eigenvalue weighted by atomic mass is 9.87. The number of hydrogen-bond donors (Lipinski definition) is 1. The largest absolute Gasteiger partial charge is 0.443 e. The molecule has 0 bridgehead atoms. The third-order valence-electron chi connectivity index (χ3n) is 3.09. The van der Waals surface area contributed by atoms with Crippen molar-refractivity contribution in [2.45, 2.75) is 25.1 Å². The van der Waals surface area contributed by atoms with Crippen molar-refractivity contribution >= 4 is 11.3 Å². The first kappa shape index (κ1) is 14.9. The van der Waals surface area contributed by atoms with Gasteiger partial charge in [-0.15, -0.1) is 11.3 Å². The van der Waals surface area contributed by atoms with Crippen LogP contribution in [0.5, 0.6) is 0 Å². The Labute approximate surface area is 117 Å². The molecule has 1 heterocycles. The summed E-state index contributed by atoms with van der Waals surface area (Å²) in [7, 11) is 0. The van der Waals surface area contributed by atoms with Crippen LogP contribution in [0.4, 0.5) is 17.6 Å². The van der Waals surface area contributed by atoms with Crippen LogP contribution in [0.1, 0.15) is 28.8 Å². The van der Waals surface area contributed by atoms with E-state index >= 15 is 0 Å². The van der Waals surface area contributed by atoms with Crippen molar-refractivity contribution in [3.63, 3.8) is 0 Å². The number of rotatable bonds is 3. The average Bonchev–Trinajstić information content (AvgIpc) is 2.87. The summed E-state index contributed by atoms with van der Waals surface area (Å²) in [5, 5.41) is -0.952. The standard InChI is InChI=1S/C13H12F4N2S/c1-2-12(18,8-4-3-5-9(14)6-8)10-7-19-11(20-10)13(15,16)17/h3-7H,2,18H2,1H3. The summed E-state index contributed by atoms with van der Waals surface area (Å²) in [6.07, 6.45) is -3.06. The second-order valence-electron chi connectivity index (χ2n) is 4.36. The van der Waals surface area contributed by atoms with Gasteiger partial charge in [0.1, 0.15) is 5.82 Å². The smallest absolute Gasteiger partial charge is 0.317 e. The minimum absolute atomic E-state index is 0.262. The molecule has 0 spiro atoms. The van der Waals surface area contributed by atoms with Gasteiger partial charge in [0, 0.05) is 11.1 Å². The fraction of sp³-hybridized carbons (Fsp3) is 0.308. The van der Waals surface area contributed by atoms with E-state index in [4.69, 9.17) is 5.73 Å². The minimum atomic E-state index is -4.50. The van der Waals surface area contributed by atoms with E-state index in [9.17, 15) is 17.6 Å². The Bertz CT molecular complexity index is 608. The third-order valence-corrected chi connectivity index (χ3v) is 4.31. The third kappa shape index (κ3) is 2.69. The summed E-state index contributed by atoms with van der Waals surface area (Å²) in [5.74, 6) is -0.480. The molecule has 0 saturated heterocycles. The monoisotopic (exact) mass is 304 g/mol. The maximum atomic E-state index is 13.3. The molecule has 1 atom stereocenters. The van der Waals surface area contributed by atoms with Crippen molar-refractivity contribution in [2.75, 3.05) is 0 Å². The highest BCUT2D eigenvalue weighted by Crippen LogP contribution is 2.39. The van der Waals surface area contributed by atoms with Crippen LogP contribution in [0.2, 0.25) is 0 Å². The van der Waals surface area contributed by atoms with Crippen LogP contribution in [0.15, 0.2) is 30.5 Å². The van der Waals surface area contributed by atoms with Crippen LogP contribution in [0, 0.1) is 5.82 Å².